The molecule has 0 radical (unpaired) electrons. The van der Waals surface area contributed by atoms with Crippen LogP contribution in [-0.4, -0.2) is 22.9 Å². The molecule has 0 bridgehead atoms. The smallest absolute Gasteiger partial charge is 0.240 e. The molecule has 1 amide bonds. The fraction of sp³-hybridized carbons (Fsp3) is 0.533. The number of benzene rings is 1. The first kappa shape index (κ1) is 14.0. The molecule has 3 nitrogen and oxygen atoms in total. The second-order valence-electron chi connectivity index (χ2n) is 5.60. The van der Waals surface area contributed by atoms with E-state index in [1.807, 2.05) is 19.9 Å². The molecular formula is C15H21FN2O. The topological polar surface area (TPSA) is 46.3 Å². The van der Waals surface area contributed by atoms with Gasteiger partial charge in [-0.15, -0.1) is 0 Å². The summed E-state index contributed by atoms with van der Waals surface area (Å²) in [6.07, 6.45) is 2.04. The standard InChI is InChI=1S/C15H21FN2O/c1-10(2)14(17)15(19)18(13-6-7-13)9-11-4-3-5-12(16)8-11/h3-5,8,10,13-14H,6-7,9,17H2,1-2H3/t14-/m0/s1. The van der Waals surface area contributed by atoms with Crippen molar-refractivity contribution in [1.29, 1.82) is 0 Å². The molecular weight excluding hydrogens is 243 g/mol. The number of carbonyl (C=O) groups is 1. The summed E-state index contributed by atoms with van der Waals surface area (Å²) in [6, 6.07) is 6.19. The average Bonchev–Trinajstić information content (AvgIpc) is 3.18. The number of rotatable bonds is 5. The minimum atomic E-state index is -0.478. The minimum Gasteiger partial charge on any atom is -0.334 e. The van der Waals surface area contributed by atoms with Gasteiger partial charge < -0.3 is 10.6 Å². The lowest BCUT2D eigenvalue weighted by Crippen LogP contribution is -2.47. The largest absolute Gasteiger partial charge is 0.334 e. The third-order valence-electron chi connectivity index (χ3n) is 3.52. The van der Waals surface area contributed by atoms with E-state index in [-0.39, 0.29) is 23.7 Å². The lowest BCUT2D eigenvalue weighted by atomic mass is 10.0. The molecule has 19 heavy (non-hydrogen) atoms. The highest BCUT2D eigenvalue weighted by molar-refractivity contribution is 5.82. The van der Waals surface area contributed by atoms with E-state index in [2.05, 4.69) is 0 Å². The van der Waals surface area contributed by atoms with Gasteiger partial charge in [0.15, 0.2) is 0 Å². The Morgan fingerprint density at radius 3 is 2.68 bits per heavy atom. The fourth-order valence-corrected chi connectivity index (χ4v) is 2.08. The molecule has 1 aliphatic carbocycles. The summed E-state index contributed by atoms with van der Waals surface area (Å²) in [5, 5.41) is 0. The highest BCUT2D eigenvalue weighted by atomic mass is 19.1. The molecule has 1 fully saturated rings. The van der Waals surface area contributed by atoms with Crippen LogP contribution in [0.2, 0.25) is 0 Å². The Bertz CT molecular complexity index is 457. The van der Waals surface area contributed by atoms with Crippen LogP contribution in [-0.2, 0) is 11.3 Å². The maximum absolute atomic E-state index is 13.2. The third kappa shape index (κ3) is 3.53. The summed E-state index contributed by atoms with van der Waals surface area (Å²) < 4.78 is 13.2. The van der Waals surface area contributed by atoms with Gasteiger partial charge in [0.05, 0.1) is 6.04 Å². The van der Waals surface area contributed by atoms with Crippen LogP contribution >= 0.6 is 0 Å². The van der Waals surface area contributed by atoms with Crippen LogP contribution in [0.3, 0.4) is 0 Å². The van der Waals surface area contributed by atoms with E-state index in [4.69, 9.17) is 5.73 Å². The van der Waals surface area contributed by atoms with Gasteiger partial charge in [0.25, 0.3) is 0 Å². The fourth-order valence-electron chi connectivity index (χ4n) is 2.08. The van der Waals surface area contributed by atoms with Gasteiger partial charge >= 0.3 is 0 Å². The van der Waals surface area contributed by atoms with Crippen LogP contribution in [0.4, 0.5) is 4.39 Å². The molecule has 0 spiro atoms. The number of hydrogen-bond donors (Lipinski definition) is 1. The molecule has 1 saturated carbocycles. The van der Waals surface area contributed by atoms with Gasteiger partial charge in [-0.05, 0) is 36.5 Å². The molecule has 0 heterocycles. The van der Waals surface area contributed by atoms with Gasteiger partial charge in [0, 0.05) is 12.6 Å². The highest BCUT2D eigenvalue weighted by Crippen LogP contribution is 2.29. The van der Waals surface area contributed by atoms with Crippen LogP contribution in [0, 0.1) is 11.7 Å². The number of carbonyl (C=O) groups excluding carboxylic acids is 1. The van der Waals surface area contributed by atoms with Crippen molar-refractivity contribution in [1.82, 2.24) is 4.90 Å². The van der Waals surface area contributed by atoms with E-state index in [9.17, 15) is 9.18 Å². The molecule has 2 N–H and O–H groups in total. The number of amides is 1. The molecule has 1 aromatic carbocycles. The molecule has 1 aromatic rings. The number of nitrogens with zero attached hydrogens (tertiary/aromatic N) is 1. The van der Waals surface area contributed by atoms with Crippen LogP contribution in [0.5, 0.6) is 0 Å². The Labute approximate surface area is 113 Å². The van der Waals surface area contributed by atoms with Gasteiger partial charge in [-0.2, -0.15) is 0 Å². The monoisotopic (exact) mass is 264 g/mol. The second-order valence-corrected chi connectivity index (χ2v) is 5.60. The molecule has 2 rings (SSSR count). The first-order chi connectivity index (χ1) is 8.99. The molecule has 104 valence electrons. The summed E-state index contributed by atoms with van der Waals surface area (Å²) in [6.45, 7) is 4.33. The molecule has 4 heteroatoms. The molecule has 0 unspecified atom stereocenters. The molecule has 0 aromatic heterocycles. The lowest BCUT2D eigenvalue weighted by Gasteiger charge is -2.27. The van der Waals surface area contributed by atoms with Crippen molar-refractivity contribution >= 4 is 5.91 Å². The predicted molar refractivity (Wildman–Crippen MR) is 72.8 cm³/mol. The van der Waals surface area contributed by atoms with Crippen molar-refractivity contribution in [3.63, 3.8) is 0 Å². The lowest BCUT2D eigenvalue weighted by molar-refractivity contribution is -0.134. The Hall–Kier alpha value is -1.42. The normalized spacial score (nSPS) is 16.5. The van der Waals surface area contributed by atoms with Crippen molar-refractivity contribution in [3.8, 4) is 0 Å². The maximum Gasteiger partial charge on any atom is 0.240 e. The first-order valence-corrected chi connectivity index (χ1v) is 6.79. The van der Waals surface area contributed by atoms with E-state index in [1.165, 1.54) is 12.1 Å². The Morgan fingerprint density at radius 1 is 1.47 bits per heavy atom. The zero-order valence-electron chi connectivity index (χ0n) is 11.5. The Balaban J connectivity index is 2.10. The van der Waals surface area contributed by atoms with Crippen LogP contribution in [0.25, 0.3) is 0 Å². The van der Waals surface area contributed by atoms with E-state index < -0.39 is 6.04 Å². The summed E-state index contributed by atoms with van der Waals surface area (Å²) in [4.78, 5) is 14.2. The van der Waals surface area contributed by atoms with Gasteiger partial charge in [-0.25, -0.2) is 4.39 Å². The molecule has 0 aliphatic heterocycles. The van der Waals surface area contributed by atoms with Crippen LogP contribution in [0.1, 0.15) is 32.3 Å². The maximum atomic E-state index is 13.2. The van der Waals surface area contributed by atoms with Crippen molar-refractivity contribution in [2.45, 2.75) is 45.3 Å². The minimum absolute atomic E-state index is 0.0261. The number of halogens is 1. The van der Waals surface area contributed by atoms with Crippen molar-refractivity contribution in [2.24, 2.45) is 11.7 Å². The Morgan fingerprint density at radius 2 is 2.16 bits per heavy atom. The van der Waals surface area contributed by atoms with Gasteiger partial charge in [-0.1, -0.05) is 26.0 Å². The zero-order chi connectivity index (χ0) is 14.0. The molecule has 1 aliphatic rings. The zero-order valence-corrected chi connectivity index (χ0v) is 11.5. The van der Waals surface area contributed by atoms with Crippen molar-refractivity contribution in [2.75, 3.05) is 0 Å². The quantitative estimate of drug-likeness (QED) is 0.887. The van der Waals surface area contributed by atoms with Gasteiger partial charge in [0.2, 0.25) is 5.91 Å². The van der Waals surface area contributed by atoms with E-state index in [0.717, 1.165) is 18.4 Å². The summed E-state index contributed by atoms with van der Waals surface area (Å²) in [5.41, 5.74) is 6.76. The number of hydrogen-bond acceptors (Lipinski definition) is 2. The van der Waals surface area contributed by atoms with Gasteiger partial charge in [-0.3, -0.25) is 4.79 Å². The Kier molecular flexibility index (Phi) is 4.20. The molecule has 0 saturated heterocycles. The van der Waals surface area contributed by atoms with Crippen LogP contribution in [0.15, 0.2) is 24.3 Å². The first-order valence-electron chi connectivity index (χ1n) is 6.79. The number of nitrogens with two attached hydrogens (primary N) is 1. The van der Waals surface area contributed by atoms with E-state index >= 15 is 0 Å². The highest BCUT2D eigenvalue weighted by Gasteiger charge is 2.35. The predicted octanol–water partition coefficient (Wildman–Crippen LogP) is 2.30. The average molecular weight is 264 g/mol. The summed E-state index contributed by atoms with van der Waals surface area (Å²) in [7, 11) is 0. The van der Waals surface area contributed by atoms with E-state index in [1.54, 1.807) is 11.0 Å². The SMILES string of the molecule is CC(C)[C@H](N)C(=O)N(Cc1cccc(F)c1)C1CC1. The van der Waals surface area contributed by atoms with Gasteiger partial charge in [0.1, 0.15) is 5.82 Å². The summed E-state index contributed by atoms with van der Waals surface area (Å²) >= 11 is 0. The molecule has 1 atom stereocenters. The third-order valence-corrected chi connectivity index (χ3v) is 3.52. The second kappa shape index (κ2) is 5.70. The summed E-state index contributed by atoms with van der Waals surface area (Å²) in [5.74, 6) is -0.183. The van der Waals surface area contributed by atoms with Crippen molar-refractivity contribution < 1.29 is 9.18 Å². The van der Waals surface area contributed by atoms with Crippen molar-refractivity contribution in [3.05, 3.63) is 35.6 Å². The van der Waals surface area contributed by atoms with Crippen LogP contribution < -0.4 is 5.73 Å². The van der Waals surface area contributed by atoms with E-state index in [0.29, 0.717) is 6.54 Å².